The Morgan fingerprint density at radius 2 is 1.88 bits per heavy atom. The van der Waals surface area contributed by atoms with Crippen LogP contribution in [-0.2, 0) is 14.3 Å². The molecule has 0 fully saturated rings. The number of likely N-dealkylation sites (N-methyl/N-ethyl adjacent to an activating group) is 2. The van der Waals surface area contributed by atoms with Gasteiger partial charge >= 0.3 is 5.97 Å². The molecule has 0 aliphatic heterocycles. The third-order valence-corrected chi connectivity index (χ3v) is 2.27. The molecule has 17 heavy (non-hydrogen) atoms. The molecule has 0 aliphatic carbocycles. The van der Waals surface area contributed by atoms with Crippen LogP contribution in [0, 0.1) is 0 Å². The molecule has 0 aromatic carbocycles. The lowest BCUT2D eigenvalue weighted by Crippen LogP contribution is -2.45. The number of aliphatic carboxylic acids is 1. The largest absolute Gasteiger partial charge is 0.480 e. The maximum Gasteiger partial charge on any atom is 0.329 e. The average molecular weight is 246 g/mol. The van der Waals surface area contributed by atoms with Gasteiger partial charge in [-0.25, -0.2) is 4.79 Å². The lowest BCUT2D eigenvalue weighted by Gasteiger charge is -2.30. The van der Waals surface area contributed by atoms with Gasteiger partial charge in [0.15, 0.2) is 0 Å². The summed E-state index contributed by atoms with van der Waals surface area (Å²) in [5.74, 6) is -1.25. The fraction of sp³-hybridized carbons (Fsp3) is 0.818. The quantitative estimate of drug-likeness (QED) is 0.647. The molecule has 0 heterocycles. The van der Waals surface area contributed by atoms with E-state index in [9.17, 15) is 9.59 Å². The van der Waals surface area contributed by atoms with E-state index in [1.165, 1.54) is 0 Å². The molecule has 1 atom stereocenters. The summed E-state index contributed by atoms with van der Waals surface area (Å²) < 4.78 is 4.79. The predicted octanol–water partition coefficient (Wildman–Crippen LogP) is -0.114. The Hall–Kier alpha value is -1.14. The molecule has 6 heteroatoms. The van der Waals surface area contributed by atoms with Gasteiger partial charge in [-0.1, -0.05) is 0 Å². The van der Waals surface area contributed by atoms with Crippen molar-refractivity contribution in [3.8, 4) is 0 Å². The topological polar surface area (TPSA) is 70.1 Å². The number of carboxylic acids is 1. The number of hydrogen-bond acceptors (Lipinski definition) is 4. The van der Waals surface area contributed by atoms with Crippen LogP contribution in [0.15, 0.2) is 0 Å². The summed E-state index contributed by atoms with van der Waals surface area (Å²) >= 11 is 0. The van der Waals surface area contributed by atoms with Gasteiger partial charge in [-0.15, -0.1) is 0 Å². The SMILES string of the molecule is CCN(C(=O)COCC(=O)O)C(C)CN(C)C. The van der Waals surface area contributed by atoms with Crippen LogP contribution in [0.5, 0.6) is 0 Å². The molecule has 0 rings (SSSR count). The van der Waals surface area contributed by atoms with Gasteiger partial charge < -0.3 is 19.6 Å². The molecule has 100 valence electrons. The standard InChI is InChI=1S/C11H22N2O4/c1-5-13(9(2)6-12(3)4)10(14)7-17-8-11(15)16/h9H,5-8H2,1-4H3,(H,15,16). The third kappa shape index (κ3) is 6.91. The molecular formula is C11H22N2O4. The zero-order chi connectivity index (χ0) is 13.4. The van der Waals surface area contributed by atoms with Crippen LogP contribution in [0.3, 0.4) is 0 Å². The van der Waals surface area contributed by atoms with Crippen LogP contribution in [-0.4, -0.2) is 73.2 Å². The Bertz CT molecular complexity index is 256. The lowest BCUT2D eigenvalue weighted by molar-refractivity contribution is -0.146. The third-order valence-electron chi connectivity index (χ3n) is 2.27. The van der Waals surface area contributed by atoms with Crippen LogP contribution < -0.4 is 0 Å². The van der Waals surface area contributed by atoms with Gasteiger partial charge in [-0.05, 0) is 27.9 Å². The van der Waals surface area contributed by atoms with E-state index in [1.807, 2.05) is 32.8 Å². The Balaban J connectivity index is 4.15. The Morgan fingerprint density at radius 3 is 2.29 bits per heavy atom. The van der Waals surface area contributed by atoms with E-state index in [2.05, 4.69) is 0 Å². The van der Waals surface area contributed by atoms with Gasteiger partial charge in [0.25, 0.3) is 0 Å². The van der Waals surface area contributed by atoms with Crippen molar-refractivity contribution in [2.75, 3.05) is 40.4 Å². The second-order valence-electron chi connectivity index (χ2n) is 4.18. The second kappa shape index (κ2) is 8.03. The van der Waals surface area contributed by atoms with E-state index < -0.39 is 12.6 Å². The molecule has 0 saturated heterocycles. The minimum atomic E-state index is -1.07. The molecule has 0 bridgehead atoms. The van der Waals surface area contributed by atoms with Gasteiger partial charge in [0.05, 0.1) is 0 Å². The summed E-state index contributed by atoms with van der Waals surface area (Å²) in [6, 6.07) is 0.0796. The van der Waals surface area contributed by atoms with E-state index in [4.69, 9.17) is 9.84 Å². The summed E-state index contributed by atoms with van der Waals surface area (Å²) in [4.78, 5) is 25.7. The molecule has 1 unspecified atom stereocenters. The molecule has 0 aliphatic rings. The first-order valence-corrected chi connectivity index (χ1v) is 5.62. The number of carboxylic acid groups (broad SMARTS) is 1. The highest BCUT2D eigenvalue weighted by atomic mass is 16.5. The van der Waals surface area contributed by atoms with Crippen molar-refractivity contribution in [2.24, 2.45) is 0 Å². The highest BCUT2D eigenvalue weighted by Crippen LogP contribution is 2.01. The van der Waals surface area contributed by atoms with Crippen LogP contribution in [0.4, 0.5) is 0 Å². The second-order valence-corrected chi connectivity index (χ2v) is 4.18. The Kier molecular flexibility index (Phi) is 7.49. The highest BCUT2D eigenvalue weighted by molar-refractivity contribution is 5.78. The zero-order valence-corrected chi connectivity index (χ0v) is 11.0. The molecule has 0 aromatic heterocycles. The van der Waals surface area contributed by atoms with Gasteiger partial charge in [0, 0.05) is 19.1 Å². The van der Waals surface area contributed by atoms with Crippen molar-refractivity contribution < 1.29 is 19.4 Å². The molecule has 1 N–H and O–H groups in total. The summed E-state index contributed by atoms with van der Waals surface area (Å²) in [5.41, 5.74) is 0. The van der Waals surface area contributed by atoms with E-state index in [0.29, 0.717) is 6.54 Å². The van der Waals surface area contributed by atoms with Crippen molar-refractivity contribution in [1.82, 2.24) is 9.80 Å². The molecule has 0 radical (unpaired) electrons. The van der Waals surface area contributed by atoms with Crippen LogP contribution in [0.1, 0.15) is 13.8 Å². The van der Waals surface area contributed by atoms with Gasteiger partial charge in [0.2, 0.25) is 5.91 Å². The fourth-order valence-electron chi connectivity index (χ4n) is 1.67. The maximum atomic E-state index is 11.8. The van der Waals surface area contributed by atoms with E-state index >= 15 is 0 Å². The smallest absolute Gasteiger partial charge is 0.329 e. The number of rotatable bonds is 8. The van der Waals surface area contributed by atoms with Crippen LogP contribution in [0.2, 0.25) is 0 Å². The number of carbonyl (C=O) groups is 2. The van der Waals surface area contributed by atoms with Crippen LogP contribution in [0.25, 0.3) is 0 Å². The fourth-order valence-corrected chi connectivity index (χ4v) is 1.67. The van der Waals surface area contributed by atoms with Gasteiger partial charge in [-0.2, -0.15) is 0 Å². The van der Waals surface area contributed by atoms with E-state index in [0.717, 1.165) is 6.54 Å². The first-order chi connectivity index (χ1) is 7.88. The molecule has 1 amide bonds. The first-order valence-electron chi connectivity index (χ1n) is 5.62. The predicted molar refractivity (Wildman–Crippen MR) is 63.9 cm³/mol. The Morgan fingerprint density at radius 1 is 1.29 bits per heavy atom. The number of carbonyl (C=O) groups excluding carboxylic acids is 1. The Labute approximate surface area is 102 Å². The van der Waals surface area contributed by atoms with Crippen molar-refractivity contribution in [1.29, 1.82) is 0 Å². The summed E-state index contributed by atoms with van der Waals surface area (Å²) in [5, 5.41) is 8.39. The summed E-state index contributed by atoms with van der Waals surface area (Å²) in [6.45, 7) is 4.58. The summed E-state index contributed by atoms with van der Waals surface area (Å²) in [7, 11) is 3.88. The first kappa shape index (κ1) is 15.9. The number of hydrogen-bond donors (Lipinski definition) is 1. The molecule has 0 aromatic rings. The molecule has 0 saturated carbocycles. The van der Waals surface area contributed by atoms with Gasteiger partial charge in [0.1, 0.15) is 13.2 Å². The molecular weight excluding hydrogens is 224 g/mol. The van der Waals surface area contributed by atoms with Crippen molar-refractivity contribution in [3.05, 3.63) is 0 Å². The minimum absolute atomic E-state index is 0.0796. The summed E-state index contributed by atoms with van der Waals surface area (Å²) in [6.07, 6.45) is 0. The van der Waals surface area contributed by atoms with Gasteiger partial charge in [-0.3, -0.25) is 4.79 Å². The normalized spacial score (nSPS) is 12.5. The number of ether oxygens (including phenoxy) is 1. The minimum Gasteiger partial charge on any atom is -0.480 e. The van der Waals surface area contributed by atoms with E-state index in [1.54, 1.807) is 4.90 Å². The average Bonchev–Trinajstić information content (AvgIpc) is 2.16. The molecule has 6 nitrogen and oxygen atoms in total. The van der Waals surface area contributed by atoms with E-state index in [-0.39, 0.29) is 18.6 Å². The van der Waals surface area contributed by atoms with Crippen molar-refractivity contribution in [3.63, 3.8) is 0 Å². The molecule has 0 spiro atoms. The zero-order valence-electron chi connectivity index (χ0n) is 11.0. The maximum absolute atomic E-state index is 11.8. The van der Waals surface area contributed by atoms with Crippen molar-refractivity contribution in [2.45, 2.75) is 19.9 Å². The number of amides is 1. The lowest BCUT2D eigenvalue weighted by atomic mass is 10.2. The van der Waals surface area contributed by atoms with Crippen LogP contribution >= 0.6 is 0 Å². The van der Waals surface area contributed by atoms with Crippen molar-refractivity contribution >= 4 is 11.9 Å². The number of nitrogens with zero attached hydrogens (tertiary/aromatic N) is 2. The monoisotopic (exact) mass is 246 g/mol. The highest BCUT2D eigenvalue weighted by Gasteiger charge is 2.19.